The summed E-state index contributed by atoms with van der Waals surface area (Å²) < 4.78 is 5.45. The number of fused-ring (bicyclic) bond motifs is 1. The maximum Gasteiger partial charge on any atom is 0.266 e. The standard InChI is InChI=1S/C18H18N8O/c1-11-2-4-12(5-3-11)17-23-18(25-27-17)26-7-6-13(9-26)22-15-14-8-21-24-16(14)20-10-19-15/h2-5,8,10,13H,6-7,9H2,1H3,(H2,19,20,21,22,24). The second kappa shape index (κ2) is 6.35. The zero-order chi connectivity index (χ0) is 18.2. The van der Waals surface area contributed by atoms with Crippen LogP contribution in [0, 0.1) is 6.92 Å². The monoisotopic (exact) mass is 362 g/mol. The number of aryl methyl sites for hydroxylation is 1. The predicted octanol–water partition coefficient (Wildman–Crippen LogP) is 2.40. The topological polar surface area (TPSA) is 109 Å². The van der Waals surface area contributed by atoms with E-state index in [1.54, 1.807) is 6.20 Å². The van der Waals surface area contributed by atoms with Gasteiger partial charge in [0.2, 0.25) is 0 Å². The molecule has 9 heteroatoms. The number of aromatic nitrogens is 6. The highest BCUT2D eigenvalue weighted by Crippen LogP contribution is 2.25. The minimum atomic E-state index is 0.235. The van der Waals surface area contributed by atoms with Gasteiger partial charge in [0.1, 0.15) is 12.1 Å². The van der Waals surface area contributed by atoms with Gasteiger partial charge in [-0.25, -0.2) is 9.97 Å². The van der Waals surface area contributed by atoms with Crippen LogP contribution in [0.3, 0.4) is 0 Å². The number of benzene rings is 1. The average molecular weight is 362 g/mol. The number of nitrogens with one attached hydrogen (secondary N) is 2. The van der Waals surface area contributed by atoms with Crippen molar-refractivity contribution in [1.82, 2.24) is 30.3 Å². The molecule has 1 aromatic carbocycles. The summed E-state index contributed by atoms with van der Waals surface area (Å²) in [6.07, 6.45) is 4.22. The van der Waals surface area contributed by atoms with Crippen LogP contribution in [0.4, 0.5) is 11.8 Å². The molecule has 27 heavy (non-hydrogen) atoms. The molecule has 0 radical (unpaired) electrons. The predicted molar refractivity (Wildman–Crippen MR) is 100 cm³/mol. The number of hydrogen-bond donors (Lipinski definition) is 2. The van der Waals surface area contributed by atoms with Crippen molar-refractivity contribution in [2.24, 2.45) is 0 Å². The maximum absolute atomic E-state index is 5.45. The Labute approximate surface area is 154 Å². The van der Waals surface area contributed by atoms with Crippen LogP contribution in [0.2, 0.25) is 0 Å². The van der Waals surface area contributed by atoms with Crippen molar-refractivity contribution < 1.29 is 4.52 Å². The molecule has 5 rings (SSSR count). The third-order valence-corrected chi connectivity index (χ3v) is 4.77. The molecular weight excluding hydrogens is 344 g/mol. The van der Waals surface area contributed by atoms with Gasteiger partial charge in [-0.2, -0.15) is 10.1 Å². The number of rotatable bonds is 4. The molecule has 0 aliphatic carbocycles. The summed E-state index contributed by atoms with van der Waals surface area (Å²) in [5.74, 6) is 1.94. The molecule has 1 unspecified atom stereocenters. The minimum Gasteiger partial charge on any atom is -0.365 e. The van der Waals surface area contributed by atoms with E-state index in [1.807, 2.05) is 24.3 Å². The van der Waals surface area contributed by atoms with Crippen molar-refractivity contribution in [3.05, 3.63) is 42.4 Å². The number of anilines is 2. The lowest BCUT2D eigenvalue weighted by molar-refractivity contribution is 0.430. The van der Waals surface area contributed by atoms with Crippen LogP contribution < -0.4 is 10.2 Å². The lowest BCUT2D eigenvalue weighted by Crippen LogP contribution is -2.27. The highest BCUT2D eigenvalue weighted by atomic mass is 16.5. The third kappa shape index (κ3) is 2.97. The molecule has 0 amide bonds. The van der Waals surface area contributed by atoms with Gasteiger partial charge in [0.05, 0.1) is 11.6 Å². The number of nitrogens with zero attached hydrogens (tertiary/aromatic N) is 6. The molecule has 4 heterocycles. The van der Waals surface area contributed by atoms with Crippen molar-refractivity contribution >= 4 is 22.8 Å². The first-order valence-electron chi connectivity index (χ1n) is 8.82. The average Bonchev–Trinajstić information content (AvgIpc) is 3.43. The van der Waals surface area contributed by atoms with E-state index in [0.717, 1.165) is 41.9 Å². The lowest BCUT2D eigenvalue weighted by atomic mass is 10.1. The summed E-state index contributed by atoms with van der Waals surface area (Å²) in [6, 6.07) is 8.29. The number of aromatic amines is 1. The summed E-state index contributed by atoms with van der Waals surface area (Å²) in [6.45, 7) is 3.68. The molecule has 1 aliphatic heterocycles. The molecule has 3 aromatic heterocycles. The largest absolute Gasteiger partial charge is 0.365 e. The van der Waals surface area contributed by atoms with E-state index in [-0.39, 0.29) is 6.04 Å². The molecule has 0 saturated carbocycles. The van der Waals surface area contributed by atoms with Gasteiger partial charge < -0.3 is 14.7 Å². The SMILES string of the molecule is Cc1ccc(-c2nc(N3CCC(Nc4ncnc5[nH]ncc45)C3)no2)cc1. The normalized spacial score (nSPS) is 16.9. The van der Waals surface area contributed by atoms with E-state index in [4.69, 9.17) is 4.52 Å². The van der Waals surface area contributed by atoms with Gasteiger partial charge in [-0.3, -0.25) is 5.10 Å². The van der Waals surface area contributed by atoms with Crippen LogP contribution in [0.15, 0.2) is 41.3 Å². The Balaban J connectivity index is 1.30. The van der Waals surface area contributed by atoms with Crippen molar-refractivity contribution in [2.75, 3.05) is 23.3 Å². The van der Waals surface area contributed by atoms with Crippen LogP contribution >= 0.6 is 0 Å². The molecule has 0 spiro atoms. The summed E-state index contributed by atoms with van der Waals surface area (Å²) in [5, 5.41) is 15.4. The van der Waals surface area contributed by atoms with E-state index < -0.39 is 0 Å². The molecule has 1 aliphatic rings. The van der Waals surface area contributed by atoms with Gasteiger partial charge in [0.25, 0.3) is 11.8 Å². The van der Waals surface area contributed by atoms with Gasteiger partial charge in [-0.05, 0) is 30.6 Å². The summed E-state index contributed by atoms with van der Waals surface area (Å²) >= 11 is 0. The lowest BCUT2D eigenvalue weighted by Gasteiger charge is -2.15. The molecule has 4 aromatic rings. The molecule has 0 bridgehead atoms. The molecular formula is C18H18N8O. The van der Waals surface area contributed by atoms with E-state index >= 15 is 0 Å². The zero-order valence-corrected chi connectivity index (χ0v) is 14.8. The van der Waals surface area contributed by atoms with Gasteiger partial charge in [0, 0.05) is 24.7 Å². The minimum absolute atomic E-state index is 0.235. The number of H-pyrrole nitrogens is 1. The summed E-state index contributed by atoms with van der Waals surface area (Å²) in [4.78, 5) is 15.2. The zero-order valence-electron chi connectivity index (χ0n) is 14.8. The molecule has 136 valence electrons. The highest BCUT2D eigenvalue weighted by Gasteiger charge is 2.27. The van der Waals surface area contributed by atoms with Gasteiger partial charge in [-0.1, -0.05) is 17.7 Å². The van der Waals surface area contributed by atoms with E-state index in [2.05, 4.69) is 47.4 Å². The first-order chi connectivity index (χ1) is 13.3. The van der Waals surface area contributed by atoms with E-state index in [0.29, 0.717) is 11.8 Å². The summed E-state index contributed by atoms with van der Waals surface area (Å²) in [5.41, 5.74) is 2.85. The smallest absolute Gasteiger partial charge is 0.266 e. The Morgan fingerprint density at radius 1 is 1.22 bits per heavy atom. The molecule has 1 saturated heterocycles. The second-order valence-electron chi connectivity index (χ2n) is 6.70. The molecule has 1 atom stereocenters. The first-order valence-corrected chi connectivity index (χ1v) is 8.82. The molecule has 2 N–H and O–H groups in total. The van der Waals surface area contributed by atoms with Crippen LogP contribution in [0.25, 0.3) is 22.5 Å². The Hall–Kier alpha value is -3.49. The second-order valence-corrected chi connectivity index (χ2v) is 6.70. The van der Waals surface area contributed by atoms with Crippen LogP contribution in [0.5, 0.6) is 0 Å². The van der Waals surface area contributed by atoms with Crippen LogP contribution in [-0.4, -0.2) is 49.4 Å². The maximum atomic E-state index is 5.45. The Kier molecular flexibility index (Phi) is 3.70. The number of hydrogen-bond acceptors (Lipinski definition) is 8. The molecule has 1 fully saturated rings. The van der Waals surface area contributed by atoms with Crippen LogP contribution in [0.1, 0.15) is 12.0 Å². The van der Waals surface area contributed by atoms with Crippen molar-refractivity contribution in [3.63, 3.8) is 0 Å². The molecule has 9 nitrogen and oxygen atoms in total. The van der Waals surface area contributed by atoms with Crippen molar-refractivity contribution in [3.8, 4) is 11.5 Å². The Bertz CT molecular complexity index is 1070. The fourth-order valence-corrected chi connectivity index (χ4v) is 3.29. The third-order valence-electron chi connectivity index (χ3n) is 4.77. The quantitative estimate of drug-likeness (QED) is 0.570. The Morgan fingerprint density at radius 2 is 2.11 bits per heavy atom. The van der Waals surface area contributed by atoms with Gasteiger partial charge in [0.15, 0.2) is 5.65 Å². The van der Waals surface area contributed by atoms with Gasteiger partial charge in [-0.15, -0.1) is 0 Å². The fourth-order valence-electron chi connectivity index (χ4n) is 3.29. The van der Waals surface area contributed by atoms with Crippen LogP contribution in [-0.2, 0) is 0 Å². The highest BCUT2D eigenvalue weighted by molar-refractivity contribution is 5.85. The summed E-state index contributed by atoms with van der Waals surface area (Å²) in [7, 11) is 0. The van der Waals surface area contributed by atoms with Gasteiger partial charge >= 0.3 is 0 Å². The first kappa shape index (κ1) is 15.7. The van der Waals surface area contributed by atoms with E-state index in [9.17, 15) is 0 Å². The van der Waals surface area contributed by atoms with Crippen molar-refractivity contribution in [1.29, 1.82) is 0 Å². The Morgan fingerprint density at radius 3 is 3.00 bits per heavy atom. The van der Waals surface area contributed by atoms with Crippen molar-refractivity contribution in [2.45, 2.75) is 19.4 Å². The fraction of sp³-hybridized carbons (Fsp3) is 0.278. The van der Waals surface area contributed by atoms with E-state index in [1.165, 1.54) is 11.9 Å².